The van der Waals surface area contributed by atoms with Gasteiger partial charge in [-0.15, -0.1) is 5.10 Å². The van der Waals surface area contributed by atoms with Gasteiger partial charge in [0.25, 0.3) is 0 Å². The summed E-state index contributed by atoms with van der Waals surface area (Å²) < 4.78 is 32.0. The van der Waals surface area contributed by atoms with E-state index in [-0.39, 0.29) is 31.6 Å². The molecule has 9 nitrogen and oxygen atoms in total. The maximum Gasteiger partial charge on any atom is 0.248 e. The zero-order valence-corrected chi connectivity index (χ0v) is 14.0. The van der Waals surface area contributed by atoms with E-state index in [9.17, 15) is 13.2 Å². The van der Waals surface area contributed by atoms with Crippen molar-refractivity contribution in [1.29, 1.82) is 0 Å². The summed E-state index contributed by atoms with van der Waals surface area (Å²) in [5.74, 6) is -0.340. The van der Waals surface area contributed by atoms with Gasteiger partial charge in [-0.3, -0.25) is 9.48 Å². The summed E-state index contributed by atoms with van der Waals surface area (Å²) in [5.41, 5.74) is 1.49. The molecular weight excluding hydrogens is 310 g/mol. The minimum absolute atomic E-state index is 0.0387. The summed E-state index contributed by atoms with van der Waals surface area (Å²) in [5, 5.41) is 7.97. The van der Waals surface area contributed by atoms with Gasteiger partial charge in [0, 0.05) is 33.6 Å². The van der Waals surface area contributed by atoms with Crippen LogP contribution in [0.5, 0.6) is 0 Å². The van der Waals surface area contributed by atoms with E-state index >= 15 is 0 Å². The van der Waals surface area contributed by atoms with E-state index in [4.69, 9.17) is 4.74 Å². The Hall–Kier alpha value is -1.52. The van der Waals surface area contributed by atoms with Crippen LogP contribution in [-0.4, -0.2) is 78.6 Å². The van der Waals surface area contributed by atoms with E-state index in [1.807, 2.05) is 0 Å². The van der Waals surface area contributed by atoms with Gasteiger partial charge in [0.1, 0.15) is 12.3 Å². The van der Waals surface area contributed by atoms with Crippen LogP contribution in [0.4, 0.5) is 0 Å². The Morgan fingerprint density at radius 3 is 2.73 bits per heavy atom. The van der Waals surface area contributed by atoms with Crippen molar-refractivity contribution in [3.8, 4) is 0 Å². The first-order valence-electron chi connectivity index (χ1n) is 6.81. The highest BCUT2D eigenvalue weighted by molar-refractivity contribution is 7.88. The molecule has 1 aromatic heterocycles. The zero-order chi connectivity index (χ0) is 16.5. The van der Waals surface area contributed by atoms with Crippen LogP contribution >= 0.6 is 0 Å². The molecule has 124 valence electrons. The topological polar surface area (TPSA) is 97.6 Å². The van der Waals surface area contributed by atoms with Crippen LogP contribution in [0.3, 0.4) is 0 Å². The molecule has 0 aliphatic carbocycles. The predicted octanol–water partition coefficient (Wildman–Crippen LogP) is -1.22. The molecule has 1 aliphatic rings. The van der Waals surface area contributed by atoms with Crippen molar-refractivity contribution in [3.63, 3.8) is 0 Å². The average Bonchev–Trinajstić information content (AvgIpc) is 2.79. The highest BCUT2D eigenvalue weighted by Crippen LogP contribution is 2.28. The number of carbonyl (C=O) groups is 1. The van der Waals surface area contributed by atoms with E-state index in [0.29, 0.717) is 12.2 Å². The number of aryl methyl sites for hydroxylation is 1. The monoisotopic (exact) mass is 331 g/mol. The highest BCUT2D eigenvalue weighted by Gasteiger charge is 2.34. The molecule has 22 heavy (non-hydrogen) atoms. The van der Waals surface area contributed by atoms with Crippen LogP contribution in [0.2, 0.25) is 0 Å². The molecule has 1 atom stereocenters. The molecule has 2 heterocycles. The van der Waals surface area contributed by atoms with E-state index in [0.717, 1.165) is 5.69 Å². The number of nitrogens with zero attached hydrogens (tertiary/aromatic N) is 5. The van der Waals surface area contributed by atoms with Crippen LogP contribution in [0.25, 0.3) is 0 Å². The number of ether oxygens (including phenoxy) is 1. The Morgan fingerprint density at radius 1 is 1.45 bits per heavy atom. The van der Waals surface area contributed by atoms with E-state index in [1.165, 1.54) is 15.5 Å². The zero-order valence-electron chi connectivity index (χ0n) is 13.2. The Labute approximate surface area is 129 Å². The first-order chi connectivity index (χ1) is 10.2. The fourth-order valence-electron chi connectivity index (χ4n) is 2.39. The molecule has 0 fully saturated rings. The first kappa shape index (κ1) is 16.8. The number of fused-ring (bicyclic) bond motifs is 1. The fourth-order valence-corrected chi connectivity index (χ4v) is 3.19. The smallest absolute Gasteiger partial charge is 0.248 e. The second kappa shape index (κ2) is 6.31. The molecule has 0 N–H and O–H groups in total. The largest absolute Gasteiger partial charge is 0.371 e. The maximum absolute atomic E-state index is 11.8. The average molecular weight is 331 g/mol. The van der Waals surface area contributed by atoms with E-state index in [2.05, 4.69) is 10.3 Å². The second-order valence-corrected chi connectivity index (χ2v) is 7.58. The third-order valence-corrected chi connectivity index (χ3v) is 4.81. The van der Waals surface area contributed by atoms with Gasteiger partial charge in [-0.25, -0.2) is 8.42 Å². The molecule has 2 rings (SSSR count). The number of amides is 1. The van der Waals surface area contributed by atoms with E-state index in [1.54, 1.807) is 25.8 Å². The van der Waals surface area contributed by atoms with Crippen molar-refractivity contribution >= 4 is 15.9 Å². The van der Waals surface area contributed by atoms with Crippen molar-refractivity contribution < 1.29 is 17.9 Å². The van der Waals surface area contributed by atoms with Gasteiger partial charge < -0.3 is 9.64 Å². The summed E-state index contributed by atoms with van der Waals surface area (Å²) in [4.78, 5) is 13.0. The van der Waals surface area contributed by atoms with Gasteiger partial charge in [-0.1, -0.05) is 5.21 Å². The molecule has 1 aliphatic heterocycles. The molecule has 0 saturated carbocycles. The van der Waals surface area contributed by atoms with Gasteiger partial charge in [0.05, 0.1) is 25.1 Å². The highest BCUT2D eigenvalue weighted by atomic mass is 32.2. The molecule has 0 spiro atoms. The van der Waals surface area contributed by atoms with Gasteiger partial charge in [0.15, 0.2) is 0 Å². The van der Waals surface area contributed by atoms with Crippen molar-refractivity contribution in [3.05, 3.63) is 11.4 Å². The quantitative estimate of drug-likeness (QED) is 0.671. The summed E-state index contributed by atoms with van der Waals surface area (Å²) in [6, 6.07) is 0. The van der Waals surface area contributed by atoms with Crippen LogP contribution in [0, 0.1) is 0 Å². The molecule has 1 unspecified atom stereocenters. The maximum atomic E-state index is 11.8. The van der Waals surface area contributed by atoms with Crippen LogP contribution < -0.4 is 0 Å². The van der Waals surface area contributed by atoms with Crippen molar-refractivity contribution in [2.75, 3.05) is 40.1 Å². The summed E-state index contributed by atoms with van der Waals surface area (Å²) >= 11 is 0. The summed E-state index contributed by atoms with van der Waals surface area (Å²) in [6.45, 7) is 0.709. The number of aromatic nitrogens is 3. The van der Waals surface area contributed by atoms with Crippen LogP contribution in [-0.2, 0) is 33.1 Å². The number of rotatable bonds is 5. The standard InChI is InChI=1S/C12H21N5O4S/c1-15(2)11(18)8-21-7-9-5-17(22(4,19)20)6-10-12(9)16(3)14-13-10/h9H,5-8H2,1-4H3. The Morgan fingerprint density at radius 2 is 2.14 bits per heavy atom. The molecule has 10 heteroatoms. The third-order valence-electron chi connectivity index (χ3n) is 3.59. The number of hydrogen-bond acceptors (Lipinski definition) is 6. The lowest BCUT2D eigenvalue weighted by atomic mass is 10.0. The summed E-state index contributed by atoms with van der Waals surface area (Å²) in [7, 11) is 1.75. The van der Waals surface area contributed by atoms with Crippen LogP contribution in [0.1, 0.15) is 17.3 Å². The van der Waals surface area contributed by atoms with Gasteiger partial charge in [0.2, 0.25) is 15.9 Å². The minimum atomic E-state index is -3.32. The lowest BCUT2D eigenvalue weighted by Gasteiger charge is -2.30. The Kier molecular flexibility index (Phi) is 4.83. The minimum Gasteiger partial charge on any atom is -0.371 e. The van der Waals surface area contributed by atoms with Gasteiger partial charge in [-0.2, -0.15) is 4.31 Å². The van der Waals surface area contributed by atoms with Gasteiger partial charge >= 0.3 is 0 Å². The van der Waals surface area contributed by atoms with Crippen molar-refractivity contribution in [1.82, 2.24) is 24.2 Å². The van der Waals surface area contributed by atoms with Crippen LogP contribution in [0.15, 0.2) is 0 Å². The Balaban J connectivity index is 2.11. The molecule has 0 aromatic carbocycles. The second-order valence-electron chi connectivity index (χ2n) is 5.60. The molecule has 1 aromatic rings. The molecule has 0 radical (unpaired) electrons. The molecule has 0 bridgehead atoms. The molecule has 0 saturated heterocycles. The molecular formula is C12H21N5O4S. The fraction of sp³-hybridized carbons (Fsp3) is 0.750. The summed E-state index contributed by atoms with van der Waals surface area (Å²) in [6.07, 6.45) is 1.17. The number of likely N-dealkylation sites (N-methyl/N-ethyl adjacent to an activating group) is 1. The van der Waals surface area contributed by atoms with Crippen molar-refractivity contribution in [2.24, 2.45) is 7.05 Å². The van der Waals surface area contributed by atoms with Crippen molar-refractivity contribution in [2.45, 2.75) is 12.5 Å². The normalized spacial score (nSPS) is 19.0. The number of carbonyl (C=O) groups excluding carboxylic acids is 1. The Bertz CT molecular complexity index is 654. The predicted molar refractivity (Wildman–Crippen MR) is 78.5 cm³/mol. The first-order valence-corrected chi connectivity index (χ1v) is 8.66. The lowest BCUT2D eigenvalue weighted by Crippen LogP contribution is -2.40. The number of hydrogen-bond donors (Lipinski definition) is 0. The SMILES string of the molecule is CN(C)C(=O)COCC1CN(S(C)(=O)=O)Cc2nnn(C)c21. The lowest BCUT2D eigenvalue weighted by molar-refractivity contribution is -0.133. The van der Waals surface area contributed by atoms with E-state index < -0.39 is 10.0 Å². The third kappa shape index (κ3) is 3.62. The number of sulfonamides is 1. The molecule has 1 amide bonds. The van der Waals surface area contributed by atoms with Gasteiger partial charge in [-0.05, 0) is 0 Å².